The Balaban J connectivity index is 1.90. The van der Waals surface area contributed by atoms with E-state index in [4.69, 9.17) is 9.84 Å². The molecule has 2 rings (SSSR count). The molecule has 2 unspecified atom stereocenters. The van der Waals surface area contributed by atoms with Crippen molar-refractivity contribution in [1.29, 1.82) is 0 Å². The van der Waals surface area contributed by atoms with E-state index < -0.39 is 17.9 Å². The van der Waals surface area contributed by atoms with E-state index in [1.807, 2.05) is 6.92 Å². The van der Waals surface area contributed by atoms with Gasteiger partial charge in [0.05, 0.1) is 19.3 Å². The Bertz CT molecular complexity index is 317. The molecule has 0 aromatic rings. The number of carbonyl (C=O) groups excluding carboxylic acids is 1. The number of nitrogens with one attached hydrogen (secondary N) is 1. The molecule has 6 nitrogen and oxygen atoms in total. The number of aliphatic carboxylic acids is 1. The molecule has 2 atom stereocenters. The third-order valence-corrected chi connectivity index (χ3v) is 3.30. The van der Waals surface area contributed by atoms with Crippen molar-refractivity contribution in [3.05, 3.63) is 0 Å². The van der Waals surface area contributed by atoms with Gasteiger partial charge in [0.1, 0.15) is 5.92 Å². The first-order chi connectivity index (χ1) is 8.13. The van der Waals surface area contributed by atoms with Crippen molar-refractivity contribution in [2.75, 3.05) is 19.8 Å². The lowest BCUT2D eigenvalue weighted by atomic mass is 10.0. The number of carboxylic acid groups (broad SMARTS) is 1. The monoisotopic (exact) mass is 242 g/mol. The summed E-state index contributed by atoms with van der Waals surface area (Å²) in [7, 11) is 0. The van der Waals surface area contributed by atoms with Gasteiger partial charge in [0.2, 0.25) is 0 Å². The molecule has 0 aromatic heterocycles. The van der Waals surface area contributed by atoms with Crippen LogP contribution < -0.4 is 5.32 Å². The molecule has 96 valence electrons. The highest BCUT2D eigenvalue weighted by molar-refractivity contribution is 5.77. The predicted octanol–water partition coefficient (Wildman–Crippen LogP) is 0.280. The van der Waals surface area contributed by atoms with Gasteiger partial charge in [0.25, 0.3) is 0 Å². The van der Waals surface area contributed by atoms with E-state index in [0.717, 1.165) is 12.8 Å². The molecule has 1 saturated carbocycles. The van der Waals surface area contributed by atoms with Gasteiger partial charge in [0, 0.05) is 12.6 Å². The van der Waals surface area contributed by atoms with Gasteiger partial charge < -0.3 is 20.1 Å². The smallest absolute Gasteiger partial charge is 0.317 e. The number of urea groups is 1. The second-order valence-electron chi connectivity index (χ2n) is 4.56. The van der Waals surface area contributed by atoms with Crippen molar-refractivity contribution in [2.24, 2.45) is 5.92 Å². The van der Waals surface area contributed by atoms with Gasteiger partial charge in [-0.1, -0.05) is 0 Å². The van der Waals surface area contributed by atoms with Crippen LogP contribution in [0.1, 0.15) is 19.8 Å². The molecule has 1 heterocycles. The lowest BCUT2D eigenvalue weighted by Gasteiger charge is -2.24. The maximum absolute atomic E-state index is 11.9. The second kappa shape index (κ2) is 4.91. The van der Waals surface area contributed by atoms with E-state index in [-0.39, 0.29) is 19.2 Å². The minimum atomic E-state index is -0.915. The Morgan fingerprint density at radius 3 is 2.65 bits per heavy atom. The number of hydrogen-bond acceptors (Lipinski definition) is 3. The molecule has 0 bridgehead atoms. The molecular formula is C11H18N2O4. The van der Waals surface area contributed by atoms with Crippen molar-refractivity contribution < 1.29 is 19.4 Å². The molecule has 0 aromatic carbocycles. The van der Waals surface area contributed by atoms with Crippen LogP contribution in [0.5, 0.6) is 0 Å². The average molecular weight is 242 g/mol. The van der Waals surface area contributed by atoms with E-state index >= 15 is 0 Å². The van der Waals surface area contributed by atoms with Gasteiger partial charge in [-0.05, 0) is 19.8 Å². The third kappa shape index (κ3) is 2.69. The Kier molecular flexibility index (Phi) is 3.51. The zero-order valence-corrected chi connectivity index (χ0v) is 9.89. The van der Waals surface area contributed by atoms with Crippen LogP contribution in [-0.4, -0.2) is 53.8 Å². The van der Waals surface area contributed by atoms with Gasteiger partial charge in [0.15, 0.2) is 0 Å². The van der Waals surface area contributed by atoms with Gasteiger partial charge >= 0.3 is 12.0 Å². The van der Waals surface area contributed by atoms with Crippen LogP contribution in [0, 0.1) is 5.92 Å². The summed E-state index contributed by atoms with van der Waals surface area (Å²) in [5.74, 6) is -1.54. The van der Waals surface area contributed by atoms with Crippen molar-refractivity contribution in [3.8, 4) is 0 Å². The summed E-state index contributed by atoms with van der Waals surface area (Å²) in [6, 6.07) is -0.241. The van der Waals surface area contributed by atoms with Crippen molar-refractivity contribution in [1.82, 2.24) is 10.2 Å². The fraction of sp³-hybridized carbons (Fsp3) is 0.818. The number of carboxylic acids is 1. The zero-order chi connectivity index (χ0) is 12.4. The standard InChI is InChI=1S/C11H18N2O4/c1-2-13(7-3-4-7)11(16)12-9-6-17-5-8(9)10(14)15/h7-9H,2-6H2,1H3,(H,12,16)(H,14,15). The molecule has 0 spiro atoms. The zero-order valence-electron chi connectivity index (χ0n) is 9.89. The van der Waals surface area contributed by atoms with E-state index in [9.17, 15) is 9.59 Å². The summed E-state index contributed by atoms with van der Waals surface area (Å²) in [6.07, 6.45) is 2.09. The summed E-state index contributed by atoms with van der Waals surface area (Å²) >= 11 is 0. The molecule has 1 aliphatic carbocycles. The Hall–Kier alpha value is -1.30. The largest absolute Gasteiger partial charge is 0.481 e. The van der Waals surface area contributed by atoms with E-state index in [2.05, 4.69) is 5.32 Å². The van der Waals surface area contributed by atoms with E-state index in [0.29, 0.717) is 12.6 Å². The van der Waals surface area contributed by atoms with E-state index in [1.165, 1.54) is 0 Å². The molecule has 2 aliphatic rings. The van der Waals surface area contributed by atoms with Crippen LogP contribution in [0.4, 0.5) is 4.79 Å². The molecule has 2 fully saturated rings. The summed E-state index contributed by atoms with van der Waals surface area (Å²) in [4.78, 5) is 24.6. The first-order valence-corrected chi connectivity index (χ1v) is 6.01. The molecule has 6 heteroatoms. The summed E-state index contributed by atoms with van der Waals surface area (Å²) in [6.45, 7) is 3.04. The molecule has 0 radical (unpaired) electrons. The number of rotatable bonds is 4. The third-order valence-electron chi connectivity index (χ3n) is 3.30. The highest BCUT2D eigenvalue weighted by Crippen LogP contribution is 2.26. The SMILES string of the molecule is CCN(C(=O)NC1COCC1C(=O)O)C1CC1. The van der Waals surface area contributed by atoms with Gasteiger partial charge in [-0.25, -0.2) is 4.79 Å². The van der Waals surface area contributed by atoms with Crippen LogP contribution in [0.3, 0.4) is 0 Å². The Labute approximate surface area is 99.9 Å². The molecule has 1 saturated heterocycles. The minimum absolute atomic E-state index is 0.170. The molecular weight excluding hydrogens is 224 g/mol. The van der Waals surface area contributed by atoms with Crippen LogP contribution in [-0.2, 0) is 9.53 Å². The van der Waals surface area contributed by atoms with Crippen LogP contribution in [0.2, 0.25) is 0 Å². The molecule has 2 N–H and O–H groups in total. The van der Waals surface area contributed by atoms with Crippen LogP contribution in [0.15, 0.2) is 0 Å². The topological polar surface area (TPSA) is 78.9 Å². The number of ether oxygens (including phenoxy) is 1. The molecule has 2 amide bonds. The highest BCUT2D eigenvalue weighted by Gasteiger charge is 2.38. The lowest BCUT2D eigenvalue weighted by Crippen LogP contribution is -2.49. The van der Waals surface area contributed by atoms with Crippen LogP contribution in [0.25, 0.3) is 0 Å². The fourth-order valence-corrected chi connectivity index (χ4v) is 2.14. The average Bonchev–Trinajstić information content (AvgIpc) is 2.98. The van der Waals surface area contributed by atoms with Crippen molar-refractivity contribution >= 4 is 12.0 Å². The Morgan fingerprint density at radius 2 is 2.12 bits per heavy atom. The Morgan fingerprint density at radius 1 is 1.41 bits per heavy atom. The maximum atomic E-state index is 11.9. The number of hydrogen-bond donors (Lipinski definition) is 2. The first-order valence-electron chi connectivity index (χ1n) is 6.01. The van der Waals surface area contributed by atoms with Gasteiger partial charge in [-0.15, -0.1) is 0 Å². The van der Waals surface area contributed by atoms with Gasteiger partial charge in [-0.3, -0.25) is 4.79 Å². The minimum Gasteiger partial charge on any atom is -0.481 e. The van der Waals surface area contributed by atoms with Gasteiger partial charge in [-0.2, -0.15) is 0 Å². The normalized spacial score (nSPS) is 27.8. The lowest BCUT2D eigenvalue weighted by molar-refractivity contribution is -0.142. The molecule has 1 aliphatic heterocycles. The number of nitrogens with zero attached hydrogens (tertiary/aromatic N) is 1. The quantitative estimate of drug-likeness (QED) is 0.742. The fourth-order valence-electron chi connectivity index (χ4n) is 2.14. The van der Waals surface area contributed by atoms with Crippen molar-refractivity contribution in [3.63, 3.8) is 0 Å². The van der Waals surface area contributed by atoms with Crippen molar-refractivity contribution in [2.45, 2.75) is 31.8 Å². The van der Waals surface area contributed by atoms with E-state index in [1.54, 1.807) is 4.90 Å². The first kappa shape index (κ1) is 12.2. The molecule has 17 heavy (non-hydrogen) atoms. The number of amides is 2. The highest BCUT2D eigenvalue weighted by atomic mass is 16.5. The number of carbonyl (C=O) groups is 2. The predicted molar refractivity (Wildman–Crippen MR) is 59.7 cm³/mol. The summed E-state index contributed by atoms with van der Waals surface area (Å²) in [5.41, 5.74) is 0. The summed E-state index contributed by atoms with van der Waals surface area (Å²) < 4.78 is 5.11. The summed E-state index contributed by atoms with van der Waals surface area (Å²) in [5, 5.41) is 11.7. The maximum Gasteiger partial charge on any atom is 0.317 e. The van der Waals surface area contributed by atoms with Crippen LogP contribution >= 0.6 is 0 Å². The second-order valence-corrected chi connectivity index (χ2v) is 4.56.